The van der Waals surface area contributed by atoms with Gasteiger partial charge in [-0.15, -0.1) is 11.3 Å². The first-order valence-electron chi connectivity index (χ1n) is 5.85. The van der Waals surface area contributed by atoms with E-state index >= 15 is 0 Å². The van der Waals surface area contributed by atoms with Crippen LogP contribution < -0.4 is 5.32 Å². The molecule has 4 nitrogen and oxygen atoms in total. The minimum absolute atomic E-state index is 0.532. The second-order valence-electron chi connectivity index (χ2n) is 3.98. The lowest BCUT2D eigenvalue weighted by atomic mass is 10.2. The minimum Gasteiger partial charge on any atom is -0.363 e. The van der Waals surface area contributed by atoms with Gasteiger partial charge in [-0.3, -0.25) is 0 Å². The summed E-state index contributed by atoms with van der Waals surface area (Å²) in [7, 11) is 0. The summed E-state index contributed by atoms with van der Waals surface area (Å²) in [6.45, 7) is 4.77. The molecule has 0 unspecified atom stereocenters. The molecule has 0 saturated carbocycles. The van der Waals surface area contributed by atoms with Gasteiger partial charge in [-0.2, -0.15) is 0 Å². The summed E-state index contributed by atoms with van der Waals surface area (Å²) in [5.41, 5.74) is 2.03. The van der Waals surface area contributed by atoms with Crippen LogP contribution in [0.15, 0.2) is 11.7 Å². The van der Waals surface area contributed by atoms with Gasteiger partial charge in [-0.05, 0) is 13.3 Å². The molecule has 0 fully saturated rings. The van der Waals surface area contributed by atoms with Crippen molar-refractivity contribution in [2.24, 2.45) is 0 Å². The topological polar surface area (TPSA) is 50.7 Å². The van der Waals surface area contributed by atoms with Gasteiger partial charge < -0.3 is 5.32 Å². The lowest BCUT2D eigenvalue weighted by Crippen LogP contribution is -2.06. The zero-order chi connectivity index (χ0) is 13.0. The number of thiazole rings is 1. The molecular weight excluding hydrogens is 268 g/mol. The zero-order valence-corrected chi connectivity index (χ0v) is 12.0. The van der Waals surface area contributed by atoms with Gasteiger partial charge in [0.25, 0.3) is 0 Å². The van der Waals surface area contributed by atoms with Crippen LogP contribution >= 0.6 is 22.9 Å². The highest BCUT2D eigenvalue weighted by Gasteiger charge is 2.09. The monoisotopic (exact) mass is 282 g/mol. The van der Waals surface area contributed by atoms with Crippen LogP contribution in [0, 0.1) is 6.92 Å². The Morgan fingerprint density at radius 3 is 2.89 bits per heavy atom. The first-order valence-corrected chi connectivity index (χ1v) is 7.10. The Kier molecular flexibility index (Phi) is 4.49. The average Bonchev–Trinajstić information content (AvgIpc) is 2.76. The lowest BCUT2D eigenvalue weighted by molar-refractivity contribution is 0.896. The fourth-order valence-electron chi connectivity index (χ4n) is 1.66. The van der Waals surface area contributed by atoms with Crippen molar-refractivity contribution in [1.82, 2.24) is 15.0 Å². The van der Waals surface area contributed by atoms with Gasteiger partial charge in [0.15, 0.2) is 0 Å². The van der Waals surface area contributed by atoms with E-state index in [4.69, 9.17) is 11.6 Å². The van der Waals surface area contributed by atoms with Gasteiger partial charge in [0.05, 0.1) is 6.54 Å². The number of aryl methyl sites for hydroxylation is 1. The molecule has 1 N–H and O–H groups in total. The Morgan fingerprint density at radius 1 is 1.39 bits per heavy atom. The second-order valence-corrected chi connectivity index (χ2v) is 5.28. The number of hydrogen-bond acceptors (Lipinski definition) is 5. The number of halogens is 1. The zero-order valence-electron chi connectivity index (χ0n) is 10.4. The molecular formula is C12H15ClN4S. The SMILES string of the molecule is CCCc1c(Cl)ncnc1NCc1nc(C)cs1. The molecule has 0 spiro atoms. The minimum atomic E-state index is 0.532. The van der Waals surface area contributed by atoms with Gasteiger partial charge in [0.2, 0.25) is 0 Å². The van der Waals surface area contributed by atoms with E-state index in [9.17, 15) is 0 Å². The van der Waals surface area contributed by atoms with Crippen molar-refractivity contribution >= 4 is 28.8 Å². The van der Waals surface area contributed by atoms with Crippen LogP contribution in [0.5, 0.6) is 0 Å². The van der Waals surface area contributed by atoms with E-state index in [-0.39, 0.29) is 0 Å². The summed E-state index contributed by atoms with van der Waals surface area (Å²) in [4.78, 5) is 12.7. The Labute approximate surface area is 115 Å². The molecule has 18 heavy (non-hydrogen) atoms. The molecule has 0 saturated heterocycles. The highest BCUT2D eigenvalue weighted by atomic mass is 35.5. The van der Waals surface area contributed by atoms with Crippen LogP contribution in [-0.4, -0.2) is 15.0 Å². The second kappa shape index (κ2) is 6.11. The fraction of sp³-hybridized carbons (Fsp3) is 0.417. The van der Waals surface area contributed by atoms with Crippen LogP contribution in [0.1, 0.15) is 29.6 Å². The molecule has 0 aliphatic rings. The van der Waals surface area contributed by atoms with E-state index in [0.29, 0.717) is 11.7 Å². The first-order chi connectivity index (χ1) is 8.70. The molecule has 2 aromatic heterocycles. The molecule has 2 aromatic rings. The summed E-state index contributed by atoms with van der Waals surface area (Å²) in [5.74, 6) is 0.810. The number of nitrogens with one attached hydrogen (secondary N) is 1. The maximum atomic E-state index is 6.09. The van der Waals surface area contributed by atoms with Crippen LogP contribution in [0.3, 0.4) is 0 Å². The Hall–Kier alpha value is -1.20. The van der Waals surface area contributed by atoms with E-state index in [2.05, 4.69) is 27.2 Å². The average molecular weight is 283 g/mol. The molecule has 0 aromatic carbocycles. The third kappa shape index (κ3) is 3.17. The molecule has 0 aliphatic heterocycles. The van der Waals surface area contributed by atoms with Gasteiger partial charge in [0, 0.05) is 16.6 Å². The van der Waals surface area contributed by atoms with Crippen molar-refractivity contribution in [3.8, 4) is 0 Å². The van der Waals surface area contributed by atoms with E-state index in [1.54, 1.807) is 11.3 Å². The molecule has 2 rings (SSSR count). The summed E-state index contributed by atoms with van der Waals surface area (Å²) in [6.07, 6.45) is 3.37. The predicted molar refractivity (Wildman–Crippen MR) is 75.2 cm³/mol. The summed E-state index contributed by atoms with van der Waals surface area (Å²) in [6, 6.07) is 0. The third-order valence-electron chi connectivity index (χ3n) is 2.47. The van der Waals surface area contributed by atoms with Gasteiger partial charge in [0.1, 0.15) is 22.3 Å². The number of hydrogen-bond donors (Lipinski definition) is 1. The summed E-state index contributed by atoms with van der Waals surface area (Å²) < 4.78 is 0. The van der Waals surface area contributed by atoms with Crippen LogP contribution in [0.4, 0.5) is 5.82 Å². The predicted octanol–water partition coefficient (Wildman–Crippen LogP) is 3.46. The van der Waals surface area contributed by atoms with Crippen molar-refractivity contribution < 1.29 is 0 Å². The fourth-order valence-corrected chi connectivity index (χ4v) is 2.60. The van der Waals surface area contributed by atoms with Crippen molar-refractivity contribution in [3.05, 3.63) is 33.1 Å². The molecule has 6 heteroatoms. The van der Waals surface area contributed by atoms with Crippen LogP contribution in [0.25, 0.3) is 0 Å². The quantitative estimate of drug-likeness (QED) is 0.853. The van der Waals surface area contributed by atoms with E-state index < -0.39 is 0 Å². The highest BCUT2D eigenvalue weighted by molar-refractivity contribution is 7.09. The van der Waals surface area contributed by atoms with E-state index in [1.807, 2.05) is 12.3 Å². The Balaban J connectivity index is 2.11. The van der Waals surface area contributed by atoms with E-state index in [0.717, 1.165) is 34.9 Å². The summed E-state index contributed by atoms with van der Waals surface area (Å²) in [5, 5.41) is 6.90. The number of nitrogens with zero attached hydrogens (tertiary/aromatic N) is 3. The van der Waals surface area contributed by atoms with Crippen molar-refractivity contribution in [2.45, 2.75) is 33.2 Å². The molecule has 96 valence electrons. The van der Waals surface area contributed by atoms with Crippen LogP contribution in [-0.2, 0) is 13.0 Å². The molecule has 0 radical (unpaired) electrons. The van der Waals surface area contributed by atoms with Gasteiger partial charge in [-0.25, -0.2) is 15.0 Å². The molecule has 0 atom stereocenters. The first kappa shape index (κ1) is 13.2. The maximum Gasteiger partial charge on any atom is 0.137 e. The van der Waals surface area contributed by atoms with Crippen LogP contribution in [0.2, 0.25) is 5.15 Å². The van der Waals surface area contributed by atoms with Gasteiger partial charge >= 0.3 is 0 Å². The lowest BCUT2D eigenvalue weighted by Gasteiger charge is -2.09. The summed E-state index contributed by atoms with van der Waals surface area (Å²) >= 11 is 7.73. The van der Waals surface area contributed by atoms with Crippen molar-refractivity contribution in [3.63, 3.8) is 0 Å². The number of anilines is 1. The third-order valence-corrected chi connectivity index (χ3v) is 3.76. The normalized spacial score (nSPS) is 10.6. The Bertz CT molecular complexity index is 527. The number of rotatable bonds is 5. The highest BCUT2D eigenvalue weighted by Crippen LogP contribution is 2.22. The van der Waals surface area contributed by atoms with E-state index in [1.165, 1.54) is 6.33 Å². The molecule has 0 amide bonds. The van der Waals surface area contributed by atoms with Crippen molar-refractivity contribution in [1.29, 1.82) is 0 Å². The smallest absolute Gasteiger partial charge is 0.137 e. The Morgan fingerprint density at radius 2 is 2.22 bits per heavy atom. The van der Waals surface area contributed by atoms with Crippen molar-refractivity contribution in [2.75, 3.05) is 5.32 Å². The van der Waals surface area contributed by atoms with Gasteiger partial charge in [-0.1, -0.05) is 24.9 Å². The standard InChI is InChI=1S/C12H15ClN4S/c1-3-4-9-11(13)15-7-16-12(9)14-5-10-17-8(2)6-18-10/h6-7H,3-5H2,1-2H3,(H,14,15,16). The number of aromatic nitrogens is 3. The molecule has 0 aliphatic carbocycles. The molecule has 2 heterocycles. The molecule has 0 bridgehead atoms. The largest absolute Gasteiger partial charge is 0.363 e. The maximum absolute atomic E-state index is 6.09.